The van der Waals surface area contributed by atoms with Crippen LogP contribution in [-0.4, -0.2) is 41.2 Å². The number of hydrogen-bond donors (Lipinski definition) is 0. The fraction of sp³-hybridized carbons (Fsp3) is 0.417. The van der Waals surface area contributed by atoms with Gasteiger partial charge in [-0.2, -0.15) is 5.10 Å². The van der Waals surface area contributed by atoms with Crippen molar-refractivity contribution >= 4 is 23.2 Å². The Morgan fingerprint density at radius 2 is 1.90 bits per heavy atom. The molecule has 0 bridgehead atoms. The van der Waals surface area contributed by atoms with Crippen LogP contribution in [0, 0.1) is 12.8 Å². The predicted octanol–water partition coefficient (Wildman–Crippen LogP) is 5.06. The van der Waals surface area contributed by atoms with Gasteiger partial charge in [-0.25, -0.2) is 5.01 Å². The number of halogens is 1. The van der Waals surface area contributed by atoms with Crippen LogP contribution in [0.2, 0.25) is 5.02 Å². The van der Waals surface area contributed by atoms with E-state index in [1.165, 1.54) is 5.56 Å². The minimum Gasteiger partial charge on any atom is -0.294 e. The Bertz CT molecular complexity index is 918. The molecule has 152 valence electrons. The van der Waals surface area contributed by atoms with Crippen molar-refractivity contribution in [3.8, 4) is 0 Å². The van der Waals surface area contributed by atoms with E-state index in [9.17, 15) is 4.79 Å². The topological polar surface area (TPSA) is 35.9 Å². The van der Waals surface area contributed by atoms with Crippen LogP contribution in [0.5, 0.6) is 0 Å². The van der Waals surface area contributed by atoms with Crippen molar-refractivity contribution in [2.24, 2.45) is 11.0 Å². The lowest BCUT2D eigenvalue weighted by atomic mass is 9.97. The summed E-state index contributed by atoms with van der Waals surface area (Å²) in [6.45, 7) is 6.73. The fourth-order valence-corrected chi connectivity index (χ4v) is 4.47. The molecule has 1 fully saturated rings. The quantitative estimate of drug-likeness (QED) is 0.707. The molecule has 2 aliphatic heterocycles. The van der Waals surface area contributed by atoms with Crippen molar-refractivity contribution in [2.45, 2.75) is 39.2 Å². The van der Waals surface area contributed by atoms with Gasteiger partial charge in [0.05, 0.1) is 18.3 Å². The van der Waals surface area contributed by atoms with Gasteiger partial charge in [0, 0.05) is 11.4 Å². The summed E-state index contributed by atoms with van der Waals surface area (Å²) in [5, 5.41) is 7.15. The second-order valence-corrected chi connectivity index (χ2v) is 8.76. The van der Waals surface area contributed by atoms with Gasteiger partial charge in [0.2, 0.25) is 0 Å². The Balaban J connectivity index is 1.60. The lowest BCUT2D eigenvalue weighted by molar-refractivity contribution is -0.134. The number of nitrogens with zero attached hydrogens (tertiary/aromatic N) is 3. The van der Waals surface area contributed by atoms with E-state index in [1.807, 2.05) is 30.3 Å². The summed E-state index contributed by atoms with van der Waals surface area (Å²) in [6.07, 6.45) is 2.98. The summed E-state index contributed by atoms with van der Waals surface area (Å²) < 4.78 is 0. The average Bonchev–Trinajstić information content (AvgIpc) is 3.15. The normalized spacial score (nSPS) is 20.7. The maximum atomic E-state index is 13.3. The first-order valence-electron chi connectivity index (χ1n) is 10.4. The Labute approximate surface area is 178 Å². The van der Waals surface area contributed by atoms with Crippen LogP contribution in [0.3, 0.4) is 0 Å². The minimum atomic E-state index is -0.157. The first kappa shape index (κ1) is 20.1. The molecule has 1 unspecified atom stereocenters. The predicted molar refractivity (Wildman–Crippen MR) is 118 cm³/mol. The van der Waals surface area contributed by atoms with E-state index in [4.69, 9.17) is 16.7 Å². The van der Waals surface area contributed by atoms with Gasteiger partial charge in [0.25, 0.3) is 5.91 Å². The molecule has 0 radical (unpaired) electrons. The molecular formula is C24H28ClN3O. The maximum absolute atomic E-state index is 13.3. The van der Waals surface area contributed by atoms with Gasteiger partial charge >= 0.3 is 0 Å². The third kappa shape index (κ3) is 4.54. The van der Waals surface area contributed by atoms with Crippen molar-refractivity contribution in [2.75, 3.05) is 19.6 Å². The van der Waals surface area contributed by atoms with Crippen LogP contribution in [0.15, 0.2) is 53.6 Å². The van der Waals surface area contributed by atoms with Crippen molar-refractivity contribution < 1.29 is 4.79 Å². The second kappa shape index (κ2) is 8.68. The summed E-state index contributed by atoms with van der Waals surface area (Å²) in [5.41, 5.74) is 4.16. The van der Waals surface area contributed by atoms with Gasteiger partial charge in [-0.1, -0.05) is 66.6 Å². The van der Waals surface area contributed by atoms with Crippen LogP contribution in [0.25, 0.3) is 0 Å². The summed E-state index contributed by atoms with van der Waals surface area (Å²) in [6, 6.07) is 15.9. The maximum Gasteiger partial charge on any atom is 0.257 e. The Morgan fingerprint density at radius 1 is 1.14 bits per heavy atom. The third-order valence-electron chi connectivity index (χ3n) is 6.02. The smallest absolute Gasteiger partial charge is 0.257 e. The van der Waals surface area contributed by atoms with E-state index >= 15 is 0 Å². The molecule has 0 aromatic heterocycles. The highest BCUT2D eigenvalue weighted by Crippen LogP contribution is 2.36. The molecule has 5 heteroatoms. The first-order valence-corrected chi connectivity index (χ1v) is 10.8. The van der Waals surface area contributed by atoms with E-state index in [0.717, 1.165) is 48.7 Å². The molecule has 2 aliphatic rings. The van der Waals surface area contributed by atoms with Gasteiger partial charge in [-0.05, 0) is 56.0 Å². The highest BCUT2D eigenvalue weighted by Gasteiger charge is 2.35. The first-order chi connectivity index (χ1) is 14.0. The van der Waals surface area contributed by atoms with Crippen molar-refractivity contribution in [3.05, 3.63) is 70.2 Å². The van der Waals surface area contributed by atoms with E-state index in [2.05, 4.69) is 36.9 Å². The van der Waals surface area contributed by atoms with Crippen LogP contribution in [-0.2, 0) is 4.79 Å². The molecule has 29 heavy (non-hydrogen) atoms. The second-order valence-electron chi connectivity index (χ2n) is 8.35. The molecule has 2 heterocycles. The molecule has 0 spiro atoms. The molecule has 2 aromatic carbocycles. The largest absolute Gasteiger partial charge is 0.294 e. The monoisotopic (exact) mass is 409 g/mol. The molecule has 0 N–H and O–H groups in total. The number of rotatable bonds is 4. The molecule has 4 nitrogen and oxygen atoms in total. The number of aryl methyl sites for hydroxylation is 1. The zero-order valence-corrected chi connectivity index (χ0v) is 17.9. The fourth-order valence-electron chi connectivity index (χ4n) is 4.21. The van der Waals surface area contributed by atoms with Gasteiger partial charge in [0.1, 0.15) is 0 Å². The van der Waals surface area contributed by atoms with Crippen molar-refractivity contribution in [1.29, 1.82) is 0 Å². The summed E-state index contributed by atoms with van der Waals surface area (Å²) >= 11 is 6.50. The molecule has 1 saturated heterocycles. The number of carbonyl (C=O) groups excluding carboxylic acids is 1. The van der Waals surface area contributed by atoms with Crippen molar-refractivity contribution in [1.82, 2.24) is 9.91 Å². The highest BCUT2D eigenvalue weighted by atomic mass is 35.5. The van der Waals surface area contributed by atoms with Gasteiger partial charge in [0.15, 0.2) is 0 Å². The third-order valence-corrected chi connectivity index (χ3v) is 6.36. The number of carbonyl (C=O) groups is 1. The molecule has 1 atom stereocenters. The molecule has 4 rings (SSSR count). The summed E-state index contributed by atoms with van der Waals surface area (Å²) in [4.78, 5) is 15.5. The van der Waals surface area contributed by atoms with Gasteiger partial charge < -0.3 is 0 Å². The van der Waals surface area contributed by atoms with Crippen LogP contribution in [0.4, 0.5) is 0 Å². The van der Waals surface area contributed by atoms with Gasteiger partial charge in [-0.3, -0.25) is 9.69 Å². The zero-order valence-electron chi connectivity index (χ0n) is 17.1. The lowest BCUT2D eigenvalue weighted by Crippen LogP contribution is -2.41. The Hall–Kier alpha value is -2.17. The highest BCUT2D eigenvalue weighted by molar-refractivity contribution is 6.31. The lowest BCUT2D eigenvalue weighted by Gasteiger charge is -2.31. The number of amides is 1. The summed E-state index contributed by atoms with van der Waals surface area (Å²) in [7, 11) is 0. The Kier molecular flexibility index (Phi) is 6.02. The molecule has 1 amide bonds. The van der Waals surface area contributed by atoms with E-state index < -0.39 is 0 Å². The SMILES string of the molecule is Cc1cccc(C2=NN(C(=O)CN3CCC(C)CC3)C(c3ccccc3Cl)C2)c1. The molecule has 0 aliphatic carbocycles. The number of benzene rings is 2. The number of piperidine rings is 1. The van der Waals surface area contributed by atoms with Crippen molar-refractivity contribution in [3.63, 3.8) is 0 Å². The molecule has 2 aromatic rings. The van der Waals surface area contributed by atoms with Crippen LogP contribution < -0.4 is 0 Å². The van der Waals surface area contributed by atoms with Crippen LogP contribution >= 0.6 is 11.6 Å². The van der Waals surface area contributed by atoms with Gasteiger partial charge in [-0.15, -0.1) is 0 Å². The standard InChI is InChI=1S/C24H28ClN3O/c1-17-10-12-27(13-11-17)16-24(29)28-23(20-8-3-4-9-21(20)25)15-22(26-28)19-7-5-6-18(2)14-19/h3-9,14,17,23H,10-13,15-16H2,1-2H3. The zero-order chi connectivity index (χ0) is 20.4. The van der Waals surface area contributed by atoms with Crippen LogP contribution in [0.1, 0.15) is 48.9 Å². The van der Waals surface area contributed by atoms with E-state index in [1.54, 1.807) is 5.01 Å². The number of hydrogen-bond acceptors (Lipinski definition) is 3. The molecule has 0 saturated carbocycles. The minimum absolute atomic E-state index is 0.0483. The average molecular weight is 410 g/mol. The summed E-state index contributed by atoms with van der Waals surface area (Å²) in [5.74, 6) is 0.794. The van der Waals surface area contributed by atoms with E-state index in [-0.39, 0.29) is 11.9 Å². The number of hydrazone groups is 1. The molecular weight excluding hydrogens is 382 g/mol. The van der Waals surface area contributed by atoms with E-state index in [0.29, 0.717) is 18.0 Å². The number of likely N-dealkylation sites (tertiary alicyclic amines) is 1. The Morgan fingerprint density at radius 3 is 2.62 bits per heavy atom.